The largest absolute Gasteiger partial charge is 0.481 e. The van der Waals surface area contributed by atoms with Gasteiger partial charge in [-0.05, 0) is 19.5 Å². The van der Waals surface area contributed by atoms with Crippen LogP contribution in [-0.2, 0) is 9.53 Å². The van der Waals surface area contributed by atoms with Crippen molar-refractivity contribution in [1.82, 2.24) is 5.32 Å². The quantitative estimate of drug-likeness (QED) is 0.827. The van der Waals surface area contributed by atoms with E-state index in [9.17, 15) is 9.90 Å². The maximum Gasteiger partial charge on any atom is 0.316 e. The van der Waals surface area contributed by atoms with Crippen LogP contribution in [0.2, 0.25) is 0 Å². The van der Waals surface area contributed by atoms with Gasteiger partial charge in [0, 0.05) is 0 Å². The summed E-state index contributed by atoms with van der Waals surface area (Å²) in [7, 11) is 1.79. The number of carboxylic acids is 1. The molecule has 0 amide bonds. The molecule has 4 nitrogen and oxygen atoms in total. The average Bonchev–Trinajstić information content (AvgIpc) is 2.22. The Bertz CT molecular complexity index is 426. The number of nitrogens with one attached hydrogen (secondary N) is 1. The predicted octanol–water partition coefficient (Wildman–Crippen LogP) is 1.36. The summed E-state index contributed by atoms with van der Waals surface area (Å²) in [5.41, 5.74) is 1.30. The van der Waals surface area contributed by atoms with Crippen LogP contribution in [0.3, 0.4) is 0 Å². The lowest BCUT2D eigenvalue weighted by atomic mass is 9.75. The third-order valence-corrected chi connectivity index (χ3v) is 3.36. The van der Waals surface area contributed by atoms with Crippen LogP contribution < -0.4 is 5.32 Å². The van der Waals surface area contributed by atoms with Gasteiger partial charge in [-0.3, -0.25) is 4.79 Å². The molecule has 1 heterocycles. The van der Waals surface area contributed by atoms with Crippen molar-refractivity contribution in [3.8, 4) is 0 Å². The fourth-order valence-corrected chi connectivity index (χ4v) is 2.35. The molecule has 1 aliphatic rings. The second-order valence-electron chi connectivity index (χ2n) is 4.59. The van der Waals surface area contributed by atoms with Crippen molar-refractivity contribution in [3.05, 3.63) is 35.4 Å². The Morgan fingerprint density at radius 3 is 2.65 bits per heavy atom. The molecule has 2 N–H and O–H groups in total. The summed E-state index contributed by atoms with van der Waals surface area (Å²) in [6.07, 6.45) is 0. The van der Waals surface area contributed by atoms with E-state index in [4.69, 9.17) is 4.74 Å². The van der Waals surface area contributed by atoms with Gasteiger partial charge in [0.2, 0.25) is 0 Å². The van der Waals surface area contributed by atoms with Crippen molar-refractivity contribution in [2.24, 2.45) is 5.41 Å². The van der Waals surface area contributed by atoms with E-state index in [0.717, 1.165) is 11.1 Å². The fourth-order valence-electron chi connectivity index (χ4n) is 2.35. The first-order valence-corrected chi connectivity index (χ1v) is 5.65. The molecule has 4 heteroatoms. The van der Waals surface area contributed by atoms with Gasteiger partial charge in [-0.2, -0.15) is 0 Å². The SMILES string of the molecule is CNC(c1cccc(C)c1)C1(C(=O)O)COC1. The molecule has 1 aromatic carbocycles. The smallest absolute Gasteiger partial charge is 0.316 e. The predicted molar refractivity (Wildman–Crippen MR) is 63.9 cm³/mol. The van der Waals surface area contributed by atoms with Crippen LogP contribution in [0.25, 0.3) is 0 Å². The number of aryl methyl sites for hydroxylation is 1. The Balaban J connectivity index is 2.36. The molecule has 1 aliphatic heterocycles. The molecule has 0 bridgehead atoms. The maximum atomic E-state index is 11.4. The van der Waals surface area contributed by atoms with E-state index in [2.05, 4.69) is 5.32 Å². The monoisotopic (exact) mass is 235 g/mol. The summed E-state index contributed by atoms with van der Waals surface area (Å²) in [4.78, 5) is 11.4. The number of carboxylic acid groups (broad SMARTS) is 1. The Labute approximate surface area is 101 Å². The highest BCUT2D eigenvalue weighted by molar-refractivity contribution is 5.77. The standard InChI is InChI=1S/C13H17NO3/c1-9-4-3-5-10(6-9)11(14-2)13(12(15)16)7-17-8-13/h3-6,11,14H,7-8H2,1-2H3,(H,15,16). The van der Waals surface area contributed by atoms with Crippen LogP contribution in [0, 0.1) is 12.3 Å². The highest BCUT2D eigenvalue weighted by Gasteiger charge is 2.52. The molecule has 0 saturated carbocycles. The normalized spacial score (nSPS) is 19.4. The van der Waals surface area contributed by atoms with Gasteiger partial charge >= 0.3 is 5.97 Å². The number of hydrogen-bond acceptors (Lipinski definition) is 3. The number of carbonyl (C=O) groups is 1. The summed E-state index contributed by atoms with van der Waals surface area (Å²) in [6, 6.07) is 7.71. The molecule has 1 unspecified atom stereocenters. The third kappa shape index (κ3) is 1.94. The first-order chi connectivity index (χ1) is 8.10. The Kier molecular flexibility index (Phi) is 3.17. The number of ether oxygens (including phenoxy) is 1. The van der Waals surface area contributed by atoms with Crippen LogP contribution in [0.15, 0.2) is 24.3 Å². The minimum absolute atomic E-state index is 0.214. The number of aliphatic carboxylic acids is 1. The van der Waals surface area contributed by atoms with Crippen LogP contribution >= 0.6 is 0 Å². The summed E-state index contributed by atoms with van der Waals surface area (Å²) >= 11 is 0. The van der Waals surface area contributed by atoms with Gasteiger partial charge in [0.05, 0.1) is 19.3 Å². The van der Waals surface area contributed by atoms with Crippen molar-refractivity contribution < 1.29 is 14.6 Å². The minimum atomic E-state index is -0.831. The lowest BCUT2D eigenvalue weighted by molar-refractivity contribution is -0.186. The Morgan fingerprint density at radius 2 is 2.24 bits per heavy atom. The van der Waals surface area contributed by atoms with E-state index in [0.29, 0.717) is 0 Å². The third-order valence-electron chi connectivity index (χ3n) is 3.36. The van der Waals surface area contributed by atoms with E-state index in [1.54, 1.807) is 7.05 Å². The minimum Gasteiger partial charge on any atom is -0.481 e. The van der Waals surface area contributed by atoms with Crippen LogP contribution in [-0.4, -0.2) is 31.3 Å². The molecule has 92 valence electrons. The Morgan fingerprint density at radius 1 is 1.53 bits per heavy atom. The molecule has 1 atom stereocenters. The van der Waals surface area contributed by atoms with Crippen LogP contribution in [0.4, 0.5) is 0 Å². The number of benzene rings is 1. The second kappa shape index (κ2) is 4.47. The highest BCUT2D eigenvalue weighted by atomic mass is 16.5. The van der Waals surface area contributed by atoms with Crippen LogP contribution in [0.1, 0.15) is 17.2 Å². The summed E-state index contributed by atoms with van der Waals surface area (Å²) in [6.45, 7) is 2.53. The average molecular weight is 235 g/mol. The summed E-state index contributed by atoms with van der Waals surface area (Å²) in [5.74, 6) is -0.801. The zero-order valence-corrected chi connectivity index (χ0v) is 10.1. The van der Waals surface area contributed by atoms with Crippen molar-refractivity contribution in [1.29, 1.82) is 0 Å². The molecular weight excluding hydrogens is 218 g/mol. The molecule has 0 spiro atoms. The number of hydrogen-bond donors (Lipinski definition) is 2. The zero-order chi connectivity index (χ0) is 12.5. The Hall–Kier alpha value is -1.39. The molecule has 1 aromatic rings. The first kappa shape index (κ1) is 12.1. The van der Waals surface area contributed by atoms with E-state index < -0.39 is 11.4 Å². The molecule has 0 radical (unpaired) electrons. The molecule has 0 aliphatic carbocycles. The second-order valence-corrected chi connectivity index (χ2v) is 4.59. The van der Waals surface area contributed by atoms with E-state index in [1.807, 2.05) is 31.2 Å². The fraction of sp³-hybridized carbons (Fsp3) is 0.462. The molecule has 0 aromatic heterocycles. The van der Waals surface area contributed by atoms with Crippen molar-refractivity contribution in [2.75, 3.05) is 20.3 Å². The molecular formula is C13H17NO3. The van der Waals surface area contributed by atoms with Gasteiger partial charge in [0.1, 0.15) is 5.41 Å². The topological polar surface area (TPSA) is 58.6 Å². The lowest BCUT2D eigenvalue weighted by Gasteiger charge is -2.43. The van der Waals surface area contributed by atoms with E-state index >= 15 is 0 Å². The summed E-state index contributed by atoms with van der Waals surface area (Å²) < 4.78 is 5.11. The van der Waals surface area contributed by atoms with Gasteiger partial charge in [-0.15, -0.1) is 0 Å². The van der Waals surface area contributed by atoms with Gasteiger partial charge in [0.15, 0.2) is 0 Å². The van der Waals surface area contributed by atoms with Gasteiger partial charge in [-0.1, -0.05) is 29.8 Å². The van der Waals surface area contributed by atoms with Gasteiger partial charge < -0.3 is 15.2 Å². The van der Waals surface area contributed by atoms with Crippen LogP contribution in [0.5, 0.6) is 0 Å². The summed E-state index contributed by atoms with van der Waals surface area (Å²) in [5, 5.41) is 12.5. The molecule has 2 rings (SSSR count). The zero-order valence-electron chi connectivity index (χ0n) is 10.1. The van der Waals surface area contributed by atoms with E-state index in [-0.39, 0.29) is 19.3 Å². The lowest BCUT2D eigenvalue weighted by Crippen LogP contribution is -2.56. The number of rotatable bonds is 4. The van der Waals surface area contributed by atoms with Gasteiger partial charge in [0.25, 0.3) is 0 Å². The van der Waals surface area contributed by atoms with Crippen molar-refractivity contribution >= 4 is 5.97 Å². The molecule has 1 saturated heterocycles. The maximum absolute atomic E-state index is 11.4. The highest BCUT2D eigenvalue weighted by Crippen LogP contribution is 2.40. The van der Waals surface area contributed by atoms with Crippen molar-refractivity contribution in [3.63, 3.8) is 0 Å². The first-order valence-electron chi connectivity index (χ1n) is 5.65. The van der Waals surface area contributed by atoms with Gasteiger partial charge in [-0.25, -0.2) is 0 Å². The molecule has 17 heavy (non-hydrogen) atoms. The van der Waals surface area contributed by atoms with Crippen molar-refractivity contribution in [2.45, 2.75) is 13.0 Å². The van der Waals surface area contributed by atoms with E-state index in [1.165, 1.54) is 0 Å². The molecule has 1 fully saturated rings.